The smallest absolute Gasteiger partial charge is 0.120 e. The first kappa shape index (κ1) is 20.3. The predicted octanol–water partition coefficient (Wildman–Crippen LogP) is 6.17. The van der Waals surface area contributed by atoms with E-state index in [0.717, 1.165) is 24.6 Å². The van der Waals surface area contributed by atoms with Gasteiger partial charge in [0.05, 0.1) is 7.11 Å². The van der Waals surface area contributed by atoms with Gasteiger partial charge in [-0.3, -0.25) is 0 Å². The van der Waals surface area contributed by atoms with Gasteiger partial charge in [-0.2, -0.15) is 0 Å². The summed E-state index contributed by atoms with van der Waals surface area (Å²) in [4.78, 5) is 2.41. The number of hydrogen-bond donors (Lipinski definition) is 1. The van der Waals surface area contributed by atoms with Gasteiger partial charge in [-0.15, -0.1) is 0 Å². The third kappa shape index (κ3) is 5.35. The number of rotatable bonds is 9. The first-order valence-corrected chi connectivity index (χ1v) is 10.9. The third-order valence-electron chi connectivity index (χ3n) is 4.83. The molecule has 0 unspecified atom stereocenters. The molecule has 0 aromatic heterocycles. The molecular weight excluding hydrogens is 390 g/mol. The maximum Gasteiger partial charge on any atom is 0.120 e. The van der Waals surface area contributed by atoms with Crippen molar-refractivity contribution in [3.63, 3.8) is 0 Å². The quantitative estimate of drug-likeness (QED) is 0.331. The number of fused-ring (bicyclic) bond motifs is 1. The molecule has 0 heterocycles. The maximum atomic E-state index is 5.92. The molecule has 4 rings (SSSR count). The Labute approximate surface area is 182 Å². The van der Waals surface area contributed by atoms with Crippen LogP contribution < -0.4 is 14.8 Å². The first-order valence-electron chi connectivity index (χ1n) is 10.0. The number of hydrogen-bond acceptors (Lipinski definition) is 4. The van der Waals surface area contributed by atoms with Gasteiger partial charge in [0, 0.05) is 22.9 Å². The van der Waals surface area contributed by atoms with Crippen LogP contribution in [0, 0.1) is 0 Å². The fraction of sp³-hybridized carbons (Fsp3) is 0.154. The average Bonchev–Trinajstić information content (AvgIpc) is 2.80. The lowest BCUT2D eigenvalue weighted by Gasteiger charge is -2.12. The largest absolute Gasteiger partial charge is 0.497 e. The molecule has 0 aliphatic heterocycles. The standard InChI is InChI=1S/C26H25NO2S/c1-28-23-10-6-11-25(18-23)30-26-12-5-4-9-22(26)19-27-15-16-29-24-14-13-20-7-2-3-8-21(20)17-24/h2-14,17-18,27H,15-16,19H2,1H3. The zero-order valence-corrected chi connectivity index (χ0v) is 17.8. The SMILES string of the molecule is COc1cccc(Sc2ccccc2CNCCOc2ccc3ccccc3c2)c1. The number of nitrogens with one attached hydrogen (secondary N) is 1. The van der Waals surface area contributed by atoms with E-state index in [2.05, 4.69) is 78.1 Å². The highest BCUT2D eigenvalue weighted by Gasteiger charge is 2.05. The van der Waals surface area contributed by atoms with Crippen LogP contribution in [0.4, 0.5) is 0 Å². The second-order valence-electron chi connectivity index (χ2n) is 6.92. The van der Waals surface area contributed by atoms with E-state index in [0.29, 0.717) is 6.61 Å². The Balaban J connectivity index is 1.29. The van der Waals surface area contributed by atoms with Gasteiger partial charge in [0.1, 0.15) is 18.1 Å². The molecule has 0 radical (unpaired) electrons. The summed E-state index contributed by atoms with van der Waals surface area (Å²) in [5, 5.41) is 5.92. The van der Waals surface area contributed by atoms with Gasteiger partial charge in [0.25, 0.3) is 0 Å². The average molecular weight is 416 g/mol. The molecule has 0 bridgehead atoms. The van der Waals surface area contributed by atoms with Crippen molar-refractivity contribution in [1.82, 2.24) is 5.32 Å². The third-order valence-corrected chi connectivity index (χ3v) is 5.93. The van der Waals surface area contributed by atoms with Crippen molar-refractivity contribution in [2.75, 3.05) is 20.3 Å². The lowest BCUT2D eigenvalue weighted by atomic mass is 10.1. The molecule has 0 fully saturated rings. The van der Waals surface area contributed by atoms with E-state index in [-0.39, 0.29) is 0 Å². The summed E-state index contributed by atoms with van der Waals surface area (Å²) in [6.07, 6.45) is 0. The predicted molar refractivity (Wildman–Crippen MR) is 125 cm³/mol. The van der Waals surface area contributed by atoms with E-state index in [1.165, 1.54) is 26.1 Å². The van der Waals surface area contributed by atoms with E-state index in [4.69, 9.17) is 9.47 Å². The topological polar surface area (TPSA) is 30.5 Å². The molecule has 0 aliphatic rings. The lowest BCUT2D eigenvalue weighted by molar-refractivity contribution is 0.314. The summed E-state index contributed by atoms with van der Waals surface area (Å²) in [7, 11) is 1.70. The van der Waals surface area contributed by atoms with Crippen molar-refractivity contribution in [1.29, 1.82) is 0 Å². The van der Waals surface area contributed by atoms with Crippen molar-refractivity contribution in [3.05, 3.63) is 96.6 Å². The van der Waals surface area contributed by atoms with E-state index in [1.807, 2.05) is 18.2 Å². The molecule has 0 aliphatic carbocycles. The van der Waals surface area contributed by atoms with Crippen LogP contribution in [0.2, 0.25) is 0 Å². The molecule has 0 atom stereocenters. The van der Waals surface area contributed by atoms with E-state index in [9.17, 15) is 0 Å². The fourth-order valence-corrected chi connectivity index (χ4v) is 4.26. The molecule has 3 nitrogen and oxygen atoms in total. The fourth-order valence-electron chi connectivity index (χ4n) is 3.26. The van der Waals surface area contributed by atoms with Crippen LogP contribution in [0.5, 0.6) is 11.5 Å². The van der Waals surface area contributed by atoms with Crippen molar-refractivity contribution in [2.24, 2.45) is 0 Å². The highest BCUT2D eigenvalue weighted by Crippen LogP contribution is 2.32. The van der Waals surface area contributed by atoms with E-state index >= 15 is 0 Å². The molecule has 1 N–H and O–H groups in total. The minimum atomic E-state index is 0.629. The highest BCUT2D eigenvalue weighted by atomic mass is 32.2. The monoisotopic (exact) mass is 415 g/mol. The van der Waals surface area contributed by atoms with Gasteiger partial charge in [0.15, 0.2) is 0 Å². The molecule has 4 aromatic rings. The molecule has 0 spiro atoms. The Hall–Kier alpha value is -2.95. The minimum absolute atomic E-state index is 0.629. The maximum absolute atomic E-state index is 5.92. The molecule has 0 saturated heterocycles. The molecule has 4 aromatic carbocycles. The van der Waals surface area contributed by atoms with Crippen LogP contribution in [-0.2, 0) is 6.54 Å². The van der Waals surface area contributed by atoms with Crippen LogP contribution in [0.3, 0.4) is 0 Å². The number of ether oxygens (including phenoxy) is 2. The molecule has 152 valence electrons. The summed E-state index contributed by atoms with van der Waals surface area (Å²) in [6.45, 7) is 2.21. The number of benzene rings is 4. The van der Waals surface area contributed by atoms with Crippen molar-refractivity contribution >= 4 is 22.5 Å². The van der Waals surface area contributed by atoms with E-state index in [1.54, 1.807) is 18.9 Å². The van der Waals surface area contributed by atoms with Gasteiger partial charge in [-0.25, -0.2) is 0 Å². The van der Waals surface area contributed by atoms with Gasteiger partial charge >= 0.3 is 0 Å². The Morgan fingerprint density at radius 3 is 2.50 bits per heavy atom. The van der Waals surface area contributed by atoms with Gasteiger partial charge in [0.2, 0.25) is 0 Å². The van der Waals surface area contributed by atoms with Crippen LogP contribution in [0.1, 0.15) is 5.56 Å². The molecule has 4 heteroatoms. The zero-order chi connectivity index (χ0) is 20.6. The Kier molecular flexibility index (Phi) is 6.91. The van der Waals surface area contributed by atoms with E-state index < -0.39 is 0 Å². The summed E-state index contributed by atoms with van der Waals surface area (Å²) in [6, 6.07) is 31.2. The van der Waals surface area contributed by atoms with Crippen molar-refractivity contribution < 1.29 is 9.47 Å². The Morgan fingerprint density at radius 1 is 0.767 bits per heavy atom. The molecular formula is C26H25NO2S. The lowest BCUT2D eigenvalue weighted by Crippen LogP contribution is -2.20. The van der Waals surface area contributed by atoms with Crippen LogP contribution in [-0.4, -0.2) is 20.3 Å². The molecule has 30 heavy (non-hydrogen) atoms. The molecule has 0 amide bonds. The Bertz CT molecular complexity index is 1110. The Morgan fingerprint density at radius 2 is 1.60 bits per heavy atom. The van der Waals surface area contributed by atoms with Crippen molar-refractivity contribution in [3.8, 4) is 11.5 Å². The van der Waals surface area contributed by atoms with Crippen molar-refractivity contribution in [2.45, 2.75) is 16.3 Å². The van der Waals surface area contributed by atoms with Crippen LogP contribution >= 0.6 is 11.8 Å². The second-order valence-corrected chi connectivity index (χ2v) is 8.04. The highest BCUT2D eigenvalue weighted by molar-refractivity contribution is 7.99. The molecule has 0 saturated carbocycles. The zero-order valence-electron chi connectivity index (χ0n) is 17.0. The minimum Gasteiger partial charge on any atom is -0.497 e. The second kappa shape index (κ2) is 10.2. The summed E-state index contributed by atoms with van der Waals surface area (Å²) >= 11 is 1.75. The first-order chi connectivity index (χ1) is 14.8. The normalized spacial score (nSPS) is 10.8. The number of methoxy groups -OCH3 is 1. The van der Waals surface area contributed by atoms with Gasteiger partial charge in [-0.05, 0) is 52.7 Å². The van der Waals surface area contributed by atoms with Crippen LogP contribution in [0.25, 0.3) is 10.8 Å². The van der Waals surface area contributed by atoms with Gasteiger partial charge in [-0.1, -0.05) is 66.4 Å². The van der Waals surface area contributed by atoms with Crippen LogP contribution in [0.15, 0.2) is 101 Å². The van der Waals surface area contributed by atoms with Gasteiger partial charge < -0.3 is 14.8 Å². The summed E-state index contributed by atoms with van der Waals surface area (Å²) in [5.41, 5.74) is 1.27. The summed E-state index contributed by atoms with van der Waals surface area (Å²) < 4.78 is 11.3. The summed E-state index contributed by atoms with van der Waals surface area (Å²) in [5.74, 6) is 1.78.